The Morgan fingerprint density at radius 1 is 0.490 bits per heavy atom. The van der Waals surface area contributed by atoms with Crippen LogP contribution in [-0.4, -0.2) is 11.7 Å². The van der Waals surface area contributed by atoms with E-state index in [-0.39, 0.29) is 6.17 Å². The molecule has 0 saturated heterocycles. The van der Waals surface area contributed by atoms with Crippen LogP contribution >= 0.6 is 11.3 Å². The number of hydrogen-bond donors (Lipinski definition) is 1. The topological polar surface area (TPSA) is 63.0 Å². The van der Waals surface area contributed by atoms with E-state index >= 15 is 0 Å². The summed E-state index contributed by atoms with van der Waals surface area (Å²) in [6.45, 7) is 0. The van der Waals surface area contributed by atoms with Gasteiger partial charge in [-0.15, -0.1) is 11.3 Å². The first-order chi connectivity index (χ1) is 25.2. The predicted molar refractivity (Wildman–Crippen MR) is 211 cm³/mol. The van der Waals surface area contributed by atoms with Crippen LogP contribution in [0.1, 0.15) is 22.9 Å². The number of fused-ring (bicyclic) bond motifs is 9. The number of rotatable bonds is 4. The standard InChI is InChI=1S/C45H27N3O2S/c1-2-10-26(11-3-1)43-46-44(28-21-23-40-36(25-28)31-13-5-7-19-39(31)51-40)48-45(47-43)34-17-9-16-33-32-15-8-14-29(41(32)50-42(33)34)27-20-22-38-35(24-27)30-12-4-6-18-37(30)49-38/h1-25,44H,(H,46,47,48). The molecule has 0 spiro atoms. The van der Waals surface area contributed by atoms with E-state index in [1.54, 1.807) is 0 Å². The Morgan fingerprint density at radius 2 is 1.20 bits per heavy atom. The minimum absolute atomic E-state index is 0.345. The van der Waals surface area contributed by atoms with Crippen LogP contribution in [0.25, 0.3) is 75.2 Å². The molecule has 1 unspecified atom stereocenters. The molecule has 6 heteroatoms. The van der Waals surface area contributed by atoms with E-state index in [1.807, 2.05) is 47.7 Å². The fourth-order valence-corrected chi connectivity index (χ4v) is 8.60. The minimum atomic E-state index is -0.345. The third kappa shape index (κ3) is 4.47. The second-order valence-corrected chi connectivity index (χ2v) is 14.0. The average molecular weight is 674 g/mol. The molecule has 51 heavy (non-hydrogen) atoms. The molecule has 0 fully saturated rings. The lowest BCUT2D eigenvalue weighted by atomic mass is 10.00. The number of nitrogens with one attached hydrogen (secondary N) is 1. The molecular weight excluding hydrogens is 647 g/mol. The molecule has 4 heterocycles. The van der Waals surface area contributed by atoms with Crippen molar-refractivity contribution in [3.05, 3.63) is 168 Å². The van der Waals surface area contributed by atoms with E-state index in [4.69, 9.17) is 18.8 Å². The van der Waals surface area contributed by atoms with E-state index in [1.165, 1.54) is 20.2 Å². The van der Waals surface area contributed by atoms with Gasteiger partial charge in [0, 0.05) is 52.8 Å². The van der Waals surface area contributed by atoms with Gasteiger partial charge in [0.15, 0.2) is 5.84 Å². The number of aliphatic imine (C=N–C) groups is 2. The van der Waals surface area contributed by atoms with Crippen molar-refractivity contribution >= 4 is 87.1 Å². The van der Waals surface area contributed by atoms with E-state index in [0.29, 0.717) is 5.84 Å². The lowest BCUT2D eigenvalue weighted by Crippen LogP contribution is -2.33. The number of nitrogens with zero attached hydrogens (tertiary/aromatic N) is 2. The molecule has 1 aliphatic heterocycles. The summed E-state index contributed by atoms with van der Waals surface area (Å²) in [6.07, 6.45) is -0.345. The predicted octanol–water partition coefficient (Wildman–Crippen LogP) is 12.0. The maximum atomic E-state index is 6.89. The molecular formula is C45H27N3O2S. The van der Waals surface area contributed by atoms with Gasteiger partial charge in [-0.1, -0.05) is 109 Å². The average Bonchev–Trinajstić information content (AvgIpc) is 3.89. The number of amidine groups is 2. The van der Waals surface area contributed by atoms with E-state index < -0.39 is 0 Å². The van der Waals surface area contributed by atoms with Crippen molar-refractivity contribution in [2.24, 2.45) is 9.98 Å². The van der Waals surface area contributed by atoms with E-state index in [9.17, 15) is 0 Å². The maximum Gasteiger partial charge on any atom is 0.163 e. The van der Waals surface area contributed by atoms with Gasteiger partial charge in [0.1, 0.15) is 34.3 Å². The Balaban J connectivity index is 1.09. The highest BCUT2D eigenvalue weighted by atomic mass is 32.1. The third-order valence-corrected chi connectivity index (χ3v) is 11.1. The lowest BCUT2D eigenvalue weighted by molar-refractivity contribution is 0.664. The Hall–Kier alpha value is -6.50. The largest absolute Gasteiger partial charge is 0.456 e. The van der Waals surface area contributed by atoms with Gasteiger partial charge in [-0.05, 0) is 53.6 Å². The first-order valence-electron chi connectivity index (χ1n) is 17.0. The van der Waals surface area contributed by atoms with Crippen LogP contribution in [0.15, 0.2) is 170 Å². The molecule has 1 atom stereocenters. The SMILES string of the molecule is c1ccc(C2=NC(c3cccc4c3oc3c(-c5ccc6oc7ccccc7c6c5)cccc34)=NC(c3ccc4sc5ccccc5c4c3)N2)cc1. The maximum absolute atomic E-state index is 6.89. The van der Waals surface area contributed by atoms with Crippen LogP contribution in [0.3, 0.4) is 0 Å². The molecule has 10 aromatic rings. The summed E-state index contributed by atoms with van der Waals surface area (Å²) in [7, 11) is 0. The smallest absolute Gasteiger partial charge is 0.163 e. The monoisotopic (exact) mass is 673 g/mol. The van der Waals surface area contributed by atoms with Gasteiger partial charge >= 0.3 is 0 Å². The zero-order valence-corrected chi connectivity index (χ0v) is 27.9. The number of thiophene rings is 1. The van der Waals surface area contributed by atoms with Crippen molar-refractivity contribution < 1.29 is 8.83 Å². The Labute approximate surface area is 295 Å². The molecule has 1 N–H and O–H groups in total. The number of hydrogen-bond acceptors (Lipinski definition) is 6. The Bertz CT molecular complexity index is 3070. The highest BCUT2D eigenvalue weighted by molar-refractivity contribution is 7.25. The van der Waals surface area contributed by atoms with Crippen molar-refractivity contribution in [3.8, 4) is 11.1 Å². The molecule has 11 rings (SSSR count). The van der Waals surface area contributed by atoms with E-state index in [0.717, 1.165) is 77.5 Å². The summed E-state index contributed by atoms with van der Waals surface area (Å²) in [5, 5.41) is 10.4. The third-order valence-electron chi connectivity index (χ3n) is 9.96. The van der Waals surface area contributed by atoms with Gasteiger partial charge in [-0.25, -0.2) is 9.98 Å². The quantitative estimate of drug-likeness (QED) is 0.202. The molecule has 0 aliphatic carbocycles. The van der Waals surface area contributed by atoms with E-state index in [2.05, 4.69) is 121 Å². The van der Waals surface area contributed by atoms with Crippen LogP contribution in [0.5, 0.6) is 0 Å². The van der Waals surface area contributed by atoms with Gasteiger partial charge < -0.3 is 14.2 Å². The number of furan rings is 2. The first-order valence-corrected chi connectivity index (χ1v) is 17.8. The van der Waals surface area contributed by atoms with Crippen molar-refractivity contribution in [3.63, 3.8) is 0 Å². The molecule has 1 aliphatic rings. The molecule has 0 bridgehead atoms. The summed E-state index contributed by atoms with van der Waals surface area (Å²) in [5.41, 5.74) is 8.38. The number of benzene rings is 7. The minimum Gasteiger partial charge on any atom is -0.456 e. The number of para-hydroxylation sites is 3. The van der Waals surface area contributed by atoms with Gasteiger partial charge in [-0.2, -0.15) is 0 Å². The molecule has 5 nitrogen and oxygen atoms in total. The van der Waals surface area contributed by atoms with Gasteiger partial charge in [0.2, 0.25) is 0 Å². The van der Waals surface area contributed by atoms with Crippen LogP contribution < -0.4 is 5.32 Å². The molecule has 0 saturated carbocycles. The van der Waals surface area contributed by atoms with Crippen LogP contribution in [0, 0.1) is 0 Å². The lowest BCUT2D eigenvalue weighted by Gasteiger charge is -2.23. The van der Waals surface area contributed by atoms with Crippen LogP contribution in [-0.2, 0) is 0 Å². The summed E-state index contributed by atoms with van der Waals surface area (Å²) >= 11 is 1.82. The Morgan fingerprint density at radius 3 is 2.08 bits per heavy atom. The molecule has 0 radical (unpaired) electrons. The summed E-state index contributed by atoms with van der Waals surface area (Å²) in [6, 6.07) is 52.7. The molecule has 3 aromatic heterocycles. The second-order valence-electron chi connectivity index (χ2n) is 13.0. The van der Waals surface area contributed by atoms with Crippen molar-refractivity contribution in [2.45, 2.75) is 6.17 Å². The molecule has 7 aromatic carbocycles. The molecule has 240 valence electrons. The second kappa shape index (κ2) is 11.0. The van der Waals surface area contributed by atoms with Crippen molar-refractivity contribution in [2.75, 3.05) is 0 Å². The van der Waals surface area contributed by atoms with Crippen molar-refractivity contribution in [1.82, 2.24) is 5.32 Å². The fourth-order valence-electron chi connectivity index (χ4n) is 7.51. The van der Waals surface area contributed by atoms with Crippen LogP contribution in [0.4, 0.5) is 0 Å². The normalized spacial score (nSPS) is 14.9. The van der Waals surface area contributed by atoms with Crippen LogP contribution in [0.2, 0.25) is 0 Å². The first kappa shape index (κ1) is 28.3. The summed E-state index contributed by atoms with van der Waals surface area (Å²) in [4.78, 5) is 10.4. The zero-order chi connectivity index (χ0) is 33.5. The Kier molecular flexibility index (Phi) is 6.12. The van der Waals surface area contributed by atoms with Gasteiger partial charge in [0.05, 0.1) is 5.56 Å². The van der Waals surface area contributed by atoms with Gasteiger partial charge in [0.25, 0.3) is 0 Å². The molecule has 0 amide bonds. The summed E-state index contributed by atoms with van der Waals surface area (Å²) in [5.74, 6) is 1.40. The highest BCUT2D eigenvalue weighted by Gasteiger charge is 2.25. The fraction of sp³-hybridized carbons (Fsp3) is 0.0222. The zero-order valence-electron chi connectivity index (χ0n) is 27.1. The van der Waals surface area contributed by atoms with Crippen molar-refractivity contribution in [1.29, 1.82) is 0 Å². The highest BCUT2D eigenvalue weighted by Crippen LogP contribution is 2.40. The van der Waals surface area contributed by atoms with Gasteiger partial charge in [-0.3, -0.25) is 0 Å². The summed E-state index contributed by atoms with van der Waals surface area (Å²) < 4.78 is 15.6.